The molecule has 0 bridgehead atoms. The van der Waals surface area contributed by atoms with Gasteiger partial charge in [0.25, 0.3) is 5.91 Å². The first-order valence-electron chi connectivity index (χ1n) is 11.8. The summed E-state index contributed by atoms with van der Waals surface area (Å²) in [5.74, 6) is -0.885. The summed E-state index contributed by atoms with van der Waals surface area (Å²) in [5, 5.41) is 3.99. The third-order valence-corrected chi connectivity index (χ3v) is 5.82. The second kappa shape index (κ2) is 13.2. The van der Waals surface area contributed by atoms with Gasteiger partial charge in [0.2, 0.25) is 0 Å². The van der Waals surface area contributed by atoms with Gasteiger partial charge < -0.3 is 14.2 Å². The molecule has 196 valence electrons. The molecule has 0 aliphatic heterocycles. The van der Waals surface area contributed by atoms with E-state index in [0.717, 1.165) is 4.47 Å². The molecule has 9 heteroatoms. The molecule has 0 radical (unpaired) electrons. The average molecular weight is 587 g/mol. The molecular weight excluding hydrogens is 564 g/mol. The fourth-order valence-electron chi connectivity index (χ4n) is 3.27. The second-order valence-corrected chi connectivity index (χ2v) is 9.07. The zero-order chi connectivity index (χ0) is 27.6. The van der Waals surface area contributed by atoms with Gasteiger partial charge in [-0.25, -0.2) is 15.0 Å². The highest BCUT2D eigenvalue weighted by Crippen LogP contribution is 2.26. The fraction of sp³-hybridized carbons (Fsp3) is 0.0667. The highest BCUT2D eigenvalue weighted by molar-refractivity contribution is 9.10. The molecule has 0 heterocycles. The third kappa shape index (κ3) is 7.86. The Balaban J connectivity index is 1.49. The van der Waals surface area contributed by atoms with Crippen LogP contribution in [0.2, 0.25) is 0 Å². The molecule has 0 aliphatic carbocycles. The molecule has 0 saturated carbocycles. The lowest BCUT2D eigenvalue weighted by atomic mass is 10.2. The molecule has 1 atom stereocenters. The number of carbonyl (C=O) groups excluding carboxylic acids is 3. The molecule has 0 fully saturated rings. The molecule has 4 aromatic rings. The van der Waals surface area contributed by atoms with Crippen LogP contribution in [0.25, 0.3) is 0 Å². The van der Waals surface area contributed by atoms with Crippen LogP contribution in [0.1, 0.15) is 33.2 Å². The molecule has 0 saturated heterocycles. The minimum atomic E-state index is -0.821. The number of hydrazone groups is 1. The summed E-state index contributed by atoms with van der Waals surface area (Å²) in [7, 11) is 0. The Kier molecular flexibility index (Phi) is 9.20. The molecule has 39 heavy (non-hydrogen) atoms. The number of nitrogens with zero attached hydrogens (tertiary/aromatic N) is 1. The van der Waals surface area contributed by atoms with Crippen LogP contribution >= 0.6 is 15.9 Å². The summed E-state index contributed by atoms with van der Waals surface area (Å²) in [4.78, 5) is 37.7. The van der Waals surface area contributed by atoms with Crippen molar-refractivity contribution in [1.82, 2.24) is 5.43 Å². The van der Waals surface area contributed by atoms with E-state index in [0.29, 0.717) is 22.4 Å². The predicted molar refractivity (Wildman–Crippen MR) is 149 cm³/mol. The Labute approximate surface area is 233 Å². The van der Waals surface area contributed by atoms with Gasteiger partial charge in [-0.05, 0) is 67.6 Å². The third-order valence-electron chi connectivity index (χ3n) is 5.29. The van der Waals surface area contributed by atoms with E-state index < -0.39 is 23.9 Å². The largest absolute Gasteiger partial charge is 0.481 e. The second-order valence-electron chi connectivity index (χ2n) is 8.16. The topological polar surface area (TPSA) is 103 Å². The maximum Gasteiger partial charge on any atom is 0.343 e. The van der Waals surface area contributed by atoms with Gasteiger partial charge in [0, 0.05) is 16.1 Å². The van der Waals surface area contributed by atoms with Crippen molar-refractivity contribution in [3.8, 4) is 17.2 Å². The summed E-state index contributed by atoms with van der Waals surface area (Å²) >= 11 is 3.35. The van der Waals surface area contributed by atoms with Gasteiger partial charge in [0.1, 0.15) is 17.2 Å². The minimum absolute atomic E-state index is 0.0828. The van der Waals surface area contributed by atoms with Gasteiger partial charge in [-0.2, -0.15) is 5.10 Å². The molecule has 1 N–H and O–H groups in total. The van der Waals surface area contributed by atoms with E-state index in [1.807, 2.05) is 0 Å². The van der Waals surface area contributed by atoms with Crippen molar-refractivity contribution in [2.75, 3.05) is 0 Å². The fourth-order valence-corrected chi connectivity index (χ4v) is 3.54. The first kappa shape index (κ1) is 27.3. The molecule has 0 aliphatic rings. The lowest BCUT2D eigenvalue weighted by Crippen LogP contribution is -2.33. The van der Waals surface area contributed by atoms with Gasteiger partial charge in [0.15, 0.2) is 6.10 Å². The molecule has 4 aromatic carbocycles. The van der Waals surface area contributed by atoms with E-state index in [2.05, 4.69) is 26.5 Å². The highest BCUT2D eigenvalue weighted by Gasteiger charge is 2.16. The number of nitrogens with one attached hydrogen (secondary N) is 1. The summed E-state index contributed by atoms with van der Waals surface area (Å²) in [5.41, 5.74) is 3.48. The zero-order valence-corrected chi connectivity index (χ0v) is 22.3. The molecule has 0 aromatic heterocycles. The maximum absolute atomic E-state index is 12.7. The zero-order valence-electron chi connectivity index (χ0n) is 20.7. The van der Waals surface area contributed by atoms with Crippen LogP contribution in [-0.2, 0) is 4.79 Å². The maximum atomic E-state index is 12.7. The predicted octanol–water partition coefficient (Wildman–Crippen LogP) is 5.81. The number of esters is 2. The smallest absolute Gasteiger partial charge is 0.343 e. The SMILES string of the molecule is CC(Oc1ccc(Br)cc1)C(=O)N/N=C/c1ccc(OC(=O)c2ccccc2)cc1OC(=O)c1ccccc1. The molecule has 4 rings (SSSR count). The van der Waals surface area contributed by atoms with E-state index in [1.54, 1.807) is 97.9 Å². The minimum Gasteiger partial charge on any atom is -0.481 e. The monoisotopic (exact) mass is 586 g/mol. The Morgan fingerprint density at radius 1 is 0.769 bits per heavy atom. The van der Waals surface area contributed by atoms with E-state index in [9.17, 15) is 14.4 Å². The van der Waals surface area contributed by atoms with E-state index >= 15 is 0 Å². The molecule has 1 unspecified atom stereocenters. The van der Waals surface area contributed by atoms with Crippen LogP contribution in [0.3, 0.4) is 0 Å². The van der Waals surface area contributed by atoms with Crippen LogP contribution in [0, 0.1) is 0 Å². The van der Waals surface area contributed by atoms with Gasteiger partial charge >= 0.3 is 11.9 Å². The average Bonchev–Trinajstić information content (AvgIpc) is 2.96. The first-order chi connectivity index (χ1) is 18.9. The van der Waals surface area contributed by atoms with Crippen LogP contribution in [0.4, 0.5) is 0 Å². The van der Waals surface area contributed by atoms with Crippen molar-refractivity contribution in [2.24, 2.45) is 5.10 Å². The number of ether oxygens (including phenoxy) is 3. The van der Waals surface area contributed by atoms with Crippen molar-refractivity contribution in [2.45, 2.75) is 13.0 Å². The molecule has 0 spiro atoms. The Bertz CT molecular complexity index is 1470. The van der Waals surface area contributed by atoms with Crippen LogP contribution in [-0.4, -0.2) is 30.2 Å². The molecular formula is C30H23BrN2O6. The normalized spacial score (nSPS) is 11.4. The van der Waals surface area contributed by atoms with Gasteiger partial charge in [-0.1, -0.05) is 52.3 Å². The first-order valence-corrected chi connectivity index (χ1v) is 12.6. The van der Waals surface area contributed by atoms with Gasteiger partial charge in [0.05, 0.1) is 17.3 Å². The standard InChI is InChI=1S/C30H23BrN2O6/c1-20(37-25-16-13-24(31)14-17-25)28(34)33-32-19-23-12-15-26(38-29(35)21-8-4-2-5-9-21)18-27(23)39-30(36)22-10-6-3-7-11-22/h2-20H,1H3,(H,33,34)/b32-19+. The molecule has 1 amide bonds. The number of benzene rings is 4. The van der Waals surface area contributed by atoms with Crippen molar-refractivity contribution in [3.05, 3.63) is 124 Å². The van der Waals surface area contributed by atoms with E-state index in [-0.39, 0.29) is 11.5 Å². The van der Waals surface area contributed by atoms with Gasteiger partial charge in [-0.3, -0.25) is 4.79 Å². The quantitative estimate of drug-likeness (QED) is 0.115. The van der Waals surface area contributed by atoms with Crippen molar-refractivity contribution < 1.29 is 28.6 Å². The van der Waals surface area contributed by atoms with Crippen molar-refractivity contribution in [1.29, 1.82) is 0 Å². The summed E-state index contributed by atoms with van der Waals surface area (Å²) in [6.45, 7) is 1.59. The number of rotatable bonds is 9. The number of hydrogen-bond acceptors (Lipinski definition) is 7. The van der Waals surface area contributed by atoms with E-state index in [1.165, 1.54) is 18.3 Å². The Morgan fingerprint density at radius 3 is 1.95 bits per heavy atom. The van der Waals surface area contributed by atoms with Crippen molar-refractivity contribution in [3.63, 3.8) is 0 Å². The van der Waals surface area contributed by atoms with Gasteiger partial charge in [-0.15, -0.1) is 0 Å². The number of halogens is 1. The highest BCUT2D eigenvalue weighted by atomic mass is 79.9. The molecule has 8 nitrogen and oxygen atoms in total. The van der Waals surface area contributed by atoms with Crippen LogP contribution in [0.15, 0.2) is 113 Å². The van der Waals surface area contributed by atoms with Crippen LogP contribution < -0.4 is 19.6 Å². The van der Waals surface area contributed by atoms with Crippen LogP contribution in [0.5, 0.6) is 17.2 Å². The van der Waals surface area contributed by atoms with E-state index in [4.69, 9.17) is 14.2 Å². The lowest BCUT2D eigenvalue weighted by Gasteiger charge is -2.13. The summed E-state index contributed by atoms with van der Waals surface area (Å²) < 4.78 is 17.6. The number of hydrogen-bond donors (Lipinski definition) is 1. The summed E-state index contributed by atoms with van der Waals surface area (Å²) in [6.07, 6.45) is 0.499. The summed E-state index contributed by atoms with van der Waals surface area (Å²) in [6, 6.07) is 28.5. The number of carbonyl (C=O) groups is 3. The Hall–Kier alpha value is -4.76. The lowest BCUT2D eigenvalue weighted by molar-refractivity contribution is -0.127. The Morgan fingerprint density at radius 2 is 1.33 bits per heavy atom. The van der Waals surface area contributed by atoms with Crippen molar-refractivity contribution >= 4 is 40.0 Å². The number of amides is 1.